The summed E-state index contributed by atoms with van der Waals surface area (Å²) < 4.78 is 11.9. The molecular weight excluding hydrogens is 441 g/mol. The number of halogens is 1. The van der Waals surface area contributed by atoms with Crippen molar-refractivity contribution in [1.29, 1.82) is 0 Å². The van der Waals surface area contributed by atoms with E-state index in [1.165, 1.54) is 10.9 Å². The molecule has 3 unspecified atom stereocenters. The molecule has 1 aliphatic heterocycles. The Labute approximate surface area is 172 Å². The predicted octanol–water partition coefficient (Wildman–Crippen LogP) is 3.84. The normalized spacial score (nSPS) is 26.8. The first-order chi connectivity index (χ1) is 12.0. The Bertz CT molecular complexity index is 814. The van der Waals surface area contributed by atoms with Crippen molar-refractivity contribution < 1.29 is 9.15 Å². The lowest BCUT2D eigenvalue weighted by Crippen LogP contribution is -2.67. The Hall–Kier alpha value is -1.28. The second-order valence-electron chi connectivity index (χ2n) is 7.76. The first-order valence-electron chi connectivity index (χ1n) is 9.08. The van der Waals surface area contributed by atoms with E-state index in [2.05, 4.69) is 42.5 Å². The topological polar surface area (TPSA) is 58.8 Å². The number of hydrogen-bond acceptors (Lipinski definition) is 3. The third kappa shape index (κ3) is 3.11. The van der Waals surface area contributed by atoms with Crippen LogP contribution in [0.2, 0.25) is 0 Å². The van der Waals surface area contributed by atoms with Gasteiger partial charge in [0, 0.05) is 42.0 Å². The number of rotatable bonds is 3. The first kappa shape index (κ1) is 19.5. The number of benzene rings is 1. The summed E-state index contributed by atoms with van der Waals surface area (Å²) in [6.07, 6.45) is 1.51. The van der Waals surface area contributed by atoms with Crippen LogP contribution in [-0.4, -0.2) is 31.8 Å². The van der Waals surface area contributed by atoms with Gasteiger partial charge in [0.15, 0.2) is 5.96 Å². The molecule has 2 aromatic rings. The molecular formula is C20H28IN3O2. The van der Waals surface area contributed by atoms with E-state index in [1.54, 1.807) is 0 Å². The lowest BCUT2D eigenvalue weighted by Gasteiger charge is -2.54. The highest BCUT2D eigenvalue weighted by atomic mass is 127. The minimum absolute atomic E-state index is 0. The summed E-state index contributed by atoms with van der Waals surface area (Å²) in [4.78, 5) is 4.40. The van der Waals surface area contributed by atoms with Crippen molar-refractivity contribution in [2.75, 3.05) is 13.7 Å². The molecule has 2 fully saturated rings. The number of aryl methyl sites for hydroxylation is 1. The lowest BCUT2D eigenvalue weighted by atomic mass is 9.57. The fraction of sp³-hybridized carbons (Fsp3) is 0.550. The molecule has 142 valence electrons. The van der Waals surface area contributed by atoms with Gasteiger partial charge in [0.25, 0.3) is 0 Å². The molecule has 5 nitrogen and oxygen atoms in total. The SMILES string of the molecule is CN=C(NCc1oc2ccccc2c1C)NC1C2CCOC2C1(C)C.I. The van der Waals surface area contributed by atoms with Gasteiger partial charge in [0.2, 0.25) is 0 Å². The summed E-state index contributed by atoms with van der Waals surface area (Å²) in [5, 5.41) is 8.19. The molecule has 4 rings (SSSR count). The van der Waals surface area contributed by atoms with Crippen molar-refractivity contribution >= 4 is 40.9 Å². The van der Waals surface area contributed by atoms with E-state index in [-0.39, 0.29) is 29.4 Å². The van der Waals surface area contributed by atoms with Crippen LogP contribution in [0.25, 0.3) is 11.0 Å². The third-order valence-electron chi connectivity index (χ3n) is 5.98. The lowest BCUT2D eigenvalue weighted by molar-refractivity contribution is -0.106. The standard InChI is InChI=1S/C20H27N3O2.HI/c1-12-13-7-5-6-8-15(13)25-16(12)11-22-19(21-4)23-17-14-9-10-24-18(14)20(17,2)3;/h5-8,14,17-18H,9-11H2,1-4H3,(H2,21,22,23);1H. The highest BCUT2D eigenvalue weighted by molar-refractivity contribution is 14.0. The zero-order valence-corrected chi connectivity index (χ0v) is 18.2. The van der Waals surface area contributed by atoms with Crippen LogP contribution in [0.5, 0.6) is 0 Å². The van der Waals surface area contributed by atoms with Gasteiger partial charge < -0.3 is 19.8 Å². The molecule has 0 amide bonds. The number of nitrogens with one attached hydrogen (secondary N) is 2. The molecule has 1 aliphatic carbocycles. The summed E-state index contributed by atoms with van der Waals surface area (Å²) in [7, 11) is 1.81. The number of nitrogens with zero attached hydrogens (tertiary/aromatic N) is 1. The number of fused-ring (bicyclic) bond motifs is 2. The molecule has 2 N–H and O–H groups in total. The van der Waals surface area contributed by atoms with Crippen LogP contribution >= 0.6 is 24.0 Å². The van der Waals surface area contributed by atoms with Crippen LogP contribution in [0.3, 0.4) is 0 Å². The average molecular weight is 469 g/mol. The third-order valence-corrected chi connectivity index (χ3v) is 5.98. The summed E-state index contributed by atoms with van der Waals surface area (Å²) >= 11 is 0. The maximum Gasteiger partial charge on any atom is 0.191 e. The van der Waals surface area contributed by atoms with Gasteiger partial charge in [-0.25, -0.2) is 0 Å². The Morgan fingerprint density at radius 2 is 2.08 bits per heavy atom. The molecule has 0 spiro atoms. The number of ether oxygens (including phenoxy) is 1. The van der Waals surface area contributed by atoms with Crippen molar-refractivity contribution in [3.8, 4) is 0 Å². The quantitative estimate of drug-likeness (QED) is 0.408. The van der Waals surface area contributed by atoms with Gasteiger partial charge in [-0.15, -0.1) is 24.0 Å². The van der Waals surface area contributed by atoms with Crippen LogP contribution in [-0.2, 0) is 11.3 Å². The fourth-order valence-corrected chi connectivity index (χ4v) is 4.52. The average Bonchev–Trinajstić information content (AvgIpc) is 3.19. The van der Waals surface area contributed by atoms with E-state index < -0.39 is 0 Å². The monoisotopic (exact) mass is 469 g/mol. The van der Waals surface area contributed by atoms with Crippen LogP contribution in [0.15, 0.2) is 33.7 Å². The molecule has 1 saturated carbocycles. The van der Waals surface area contributed by atoms with Gasteiger partial charge >= 0.3 is 0 Å². The van der Waals surface area contributed by atoms with E-state index in [0.717, 1.165) is 30.3 Å². The zero-order chi connectivity index (χ0) is 17.6. The predicted molar refractivity (Wildman–Crippen MR) is 115 cm³/mol. The van der Waals surface area contributed by atoms with Gasteiger partial charge in [-0.3, -0.25) is 4.99 Å². The molecule has 6 heteroatoms. The fourth-order valence-electron chi connectivity index (χ4n) is 4.52. The molecule has 2 aliphatic rings. The van der Waals surface area contributed by atoms with E-state index in [4.69, 9.17) is 9.15 Å². The summed E-state index contributed by atoms with van der Waals surface area (Å²) in [5.41, 5.74) is 2.26. The second kappa shape index (κ2) is 7.38. The van der Waals surface area contributed by atoms with Gasteiger partial charge in [0.05, 0.1) is 12.6 Å². The zero-order valence-electron chi connectivity index (χ0n) is 15.8. The maximum absolute atomic E-state index is 5.98. The molecule has 2 heterocycles. The summed E-state index contributed by atoms with van der Waals surface area (Å²) in [6.45, 7) is 8.15. The first-order valence-corrected chi connectivity index (χ1v) is 9.08. The van der Waals surface area contributed by atoms with Crippen molar-refractivity contribution in [1.82, 2.24) is 10.6 Å². The Balaban J connectivity index is 0.00000196. The van der Waals surface area contributed by atoms with E-state index in [1.807, 2.05) is 25.2 Å². The van der Waals surface area contributed by atoms with Gasteiger partial charge in [0.1, 0.15) is 11.3 Å². The largest absolute Gasteiger partial charge is 0.459 e. The van der Waals surface area contributed by atoms with Crippen LogP contribution in [0.1, 0.15) is 31.6 Å². The van der Waals surface area contributed by atoms with E-state index in [0.29, 0.717) is 24.6 Å². The summed E-state index contributed by atoms with van der Waals surface area (Å²) in [5.74, 6) is 2.36. The molecule has 26 heavy (non-hydrogen) atoms. The molecule has 3 atom stereocenters. The number of guanidine groups is 1. The smallest absolute Gasteiger partial charge is 0.191 e. The molecule has 1 aromatic carbocycles. The van der Waals surface area contributed by atoms with Crippen molar-refractivity contribution in [3.63, 3.8) is 0 Å². The Morgan fingerprint density at radius 3 is 2.81 bits per heavy atom. The van der Waals surface area contributed by atoms with Gasteiger partial charge in [-0.1, -0.05) is 32.0 Å². The van der Waals surface area contributed by atoms with E-state index >= 15 is 0 Å². The highest BCUT2D eigenvalue weighted by Crippen LogP contribution is 2.52. The second-order valence-corrected chi connectivity index (χ2v) is 7.76. The van der Waals surface area contributed by atoms with Crippen molar-refractivity contribution in [3.05, 3.63) is 35.6 Å². The number of aliphatic imine (C=N–C) groups is 1. The van der Waals surface area contributed by atoms with Crippen LogP contribution in [0, 0.1) is 18.3 Å². The Kier molecular flexibility index (Phi) is 5.53. The number of furan rings is 1. The summed E-state index contributed by atoms with van der Waals surface area (Å²) in [6, 6.07) is 8.55. The van der Waals surface area contributed by atoms with Crippen molar-refractivity contribution in [2.24, 2.45) is 16.3 Å². The van der Waals surface area contributed by atoms with Crippen LogP contribution < -0.4 is 10.6 Å². The molecule has 1 saturated heterocycles. The minimum atomic E-state index is 0. The number of para-hydroxylation sites is 1. The molecule has 0 bridgehead atoms. The van der Waals surface area contributed by atoms with Crippen LogP contribution in [0.4, 0.5) is 0 Å². The highest BCUT2D eigenvalue weighted by Gasteiger charge is 2.59. The maximum atomic E-state index is 5.98. The molecule has 0 radical (unpaired) electrons. The minimum Gasteiger partial charge on any atom is -0.459 e. The Morgan fingerprint density at radius 1 is 1.31 bits per heavy atom. The van der Waals surface area contributed by atoms with Gasteiger partial charge in [-0.2, -0.15) is 0 Å². The molecule has 1 aromatic heterocycles. The van der Waals surface area contributed by atoms with Crippen molar-refractivity contribution in [2.45, 2.75) is 45.9 Å². The van der Waals surface area contributed by atoms with Gasteiger partial charge in [-0.05, 0) is 19.4 Å². The van der Waals surface area contributed by atoms with E-state index in [9.17, 15) is 0 Å². The number of hydrogen-bond donors (Lipinski definition) is 2.